The van der Waals surface area contributed by atoms with Crippen LogP contribution in [0.1, 0.15) is 66.8 Å². The number of rotatable bonds is 10. The van der Waals surface area contributed by atoms with Crippen LogP contribution in [-0.4, -0.2) is 0 Å². The third-order valence-corrected chi connectivity index (χ3v) is 11.2. The highest BCUT2D eigenvalue weighted by Gasteiger charge is 2.10. The molecule has 0 bridgehead atoms. The highest BCUT2D eigenvalue weighted by Crippen LogP contribution is 2.33. The van der Waals surface area contributed by atoms with E-state index in [0.29, 0.717) is 0 Å². The summed E-state index contributed by atoms with van der Waals surface area (Å²) in [7, 11) is 0. The van der Waals surface area contributed by atoms with Crippen LogP contribution in [-0.2, 0) is 0 Å². The Morgan fingerprint density at radius 3 is 0.933 bits per heavy atom. The summed E-state index contributed by atoms with van der Waals surface area (Å²) in [5.41, 5.74) is 16.6. The van der Waals surface area contributed by atoms with Crippen LogP contribution in [0.25, 0.3) is 69.1 Å². The molecule has 0 atom stereocenters. The third-order valence-electron chi connectivity index (χ3n) is 11.2. The predicted octanol–water partition coefficient (Wildman–Crippen LogP) is 16.1. The molecule has 9 rings (SSSR count). The first-order valence-corrected chi connectivity index (χ1v) is 20.7. The van der Waals surface area contributed by atoms with Gasteiger partial charge in [-0.2, -0.15) is 0 Å². The average molecular weight is 767 g/mol. The molecule has 0 aliphatic carbocycles. The number of hydrogen-bond donors (Lipinski definition) is 0. The van der Waals surface area contributed by atoms with E-state index >= 15 is 0 Å². The third kappa shape index (κ3) is 8.65. The Bertz CT molecular complexity index is 2760. The molecule has 0 fully saturated rings. The van der Waals surface area contributed by atoms with Crippen molar-refractivity contribution in [3.63, 3.8) is 0 Å². The molecule has 0 spiro atoms. The first-order valence-electron chi connectivity index (χ1n) is 20.7. The zero-order chi connectivity index (χ0) is 40.7. The molecule has 9 aromatic carbocycles. The fourth-order valence-electron chi connectivity index (χ4n) is 8.07. The summed E-state index contributed by atoms with van der Waals surface area (Å²) < 4.78 is 0. The molecule has 0 aliphatic heterocycles. The summed E-state index contributed by atoms with van der Waals surface area (Å²) in [6.07, 6.45) is 13.8. The first kappa shape index (κ1) is 38.0. The molecule has 0 heteroatoms. The molecule has 0 unspecified atom stereocenters. The van der Waals surface area contributed by atoms with Crippen LogP contribution in [0, 0.1) is 13.8 Å². The van der Waals surface area contributed by atoms with Gasteiger partial charge in [0.05, 0.1) is 0 Å². The van der Waals surface area contributed by atoms with Crippen molar-refractivity contribution in [3.8, 4) is 0 Å². The predicted molar refractivity (Wildman–Crippen MR) is 261 cm³/mol. The number of benzene rings is 9. The van der Waals surface area contributed by atoms with Crippen molar-refractivity contribution in [1.29, 1.82) is 0 Å². The van der Waals surface area contributed by atoms with E-state index in [9.17, 15) is 0 Å². The normalized spacial score (nSPS) is 11.4. The smallest absolute Gasteiger partial charge is 0.0105 e. The molecule has 0 saturated heterocycles. The molecule has 286 valence electrons. The van der Waals surface area contributed by atoms with E-state index in [0.717, 1.165) is 11.1 Å². The van der Waals surface area contributed by atoms with E-state index < -0.39 is 0 Å². The highest BCUT2D eigenvalue weighted by molar-refractivity contribution is 6.02. The van der Waals surface area contributed by atoms with E-state index in [4.69, 9.17) is 0 Å². The molecule has 9 aromatic rings. The summed E-state index contributed by atoms with van der Waals surface area (Å²) in [4.78, 5) is 0. The van der Waals surface area contributed by atoms with Gasteiger partial charge in [-0.05, 0) is 139 Å². The summed E-state index contributed by atoms with van der Waals surface area (Å²) >= 11 is 0. The summed E-state index contributed by atoms with van der Waals surface area (Å²) in [6, 6.07) is 74.3. The van der Waals surface area contributed by atoms with Crippen molar-refractivity contribution in [2.75, 3.05) is 0 Å². The van der Waals surface area contributed by atoms with Gasteiger partial charge in [-0.3, -0.25) is 0 Å². The van der Waals surface area contributed by atoms with Gasteiger partial charge in [-0.1, -0.05) is 217 Å². The summed E-state index contributed by atoms with van der Waals surface area (Å²) in [6.45, 7) is 4.34. The Morgan fingerprint density at radius 2 is 0.583 bits per heavy atom. The number of hydrogen-bond acceptors (Lipinski definition) is 0. The minimum atomic E-state index is 1.16. The van der Waals surface area contributed by atoms with Crippen LogP contribution in [0.15, 0.2) is 206 Å². The van der Waals surface area contributed by atoms with Gasteiger partial charge in [0.2, 0.25) is 0 Å². The standard InChI is InChI=1S/C60H46/c1-43-27-29-45(55(35-43)41-59(47-17-7-3-8-18-47)48-19-9-4-10-20-48)31-33-53-39-57-37-51-25-15-16-26-52(51)38-58(57)40-54(53)34-32-46-30-28-44(2)36-56(46)42-60(49-21-11-5-12-22-49)50-23-13-6-14-24-50/h3-42H,1-2H3. The van der Waals surface area contributed by atoms with Gasteiger partial charge in [0.15, 0.2) is 0 Å². The van der Waals surface area contributed by atoms with Crippen molar-refractivity contribution < 1.29 is 0 Å². The van der Waals surface area contributed by atoms with Crippen LogP contribution >= 0.6 is 0 Å². The van der Waals surface area contributed by atoms with Crippen molar-refractivity contribution in [2.24, 2.45) is 0 Å². The van der Waals surface area contributed by atoms with Gasteiger partial charge in [0, 0.05) is 0 Å². The van der Waals surface area contributed by atoms with E-state index in [1.807, 2.05) is 0 Å². The fourth-order valence-corrected chi connectivity index (χ4v) is 8.07. The lowest BCUT2D eigenvalue weighted by Crippen LogP contribution is -1.91. The second-order valence-electron chi connectivity index (χ2n) is 15.5. The molecule has 60 heavy (non-hydrogen) atoms. The van der Waals surface area contributed by atoms with Gasteiger partial charge in [-0.25, -0.2) is 0 Å². The second-order valence-corrected chi connectivity index (χ2v) is 15.5. The van der Waals surface area contributed by atoms with Crippen molar-refractivity contribution in [1.82, 2.24) is 0 Å². The maximum Gasteiger partial charge on any atom is -0.0105 e. The monoisotopic (exact) mass is 766 g/mol. The molecule has 0 nitrogen and oxygen atoms in total. The zero-order valence-electron chi connectivity index (χ0n) is 34.1. The van der Waals surface area contributed by atoms with Crippen molar-refractivity contribution >= 4 is 69.1 Å². The molecular formula is C60H46. The van der Waals surface area contributed by atoms with Gasteiger partial charge in [0.1, 0.15) is 0 Å². The quantitative estimate of drug-likeness (QED) is 0.0961. The van der Waals surface area contributed by atoms with Crippen LogP contribution in [0.3, 0.4) is 0 Å². The fraction of sp³-hybridized carbons (Fsp3) is 0.0333. The summed E-state index contributed by atoms with van der Waals surface area (Å²) in [5, 5.41) is 4.93. The molecule has 0 heterocycles. The maximum absolute atomic E-state index is 2.35. The molecule has 0 N–H and O–H groups in total. The Morgan fingerprint density at radius 1 is 0.267 bits per heavy atom. The van der Waals surface area contributed by atoms with Crippen LogP contribution < -0.4 is 0 Å². The summed E-state index contributed by atoms with van der Waals surface area (Å²) in [5.74, 6) is 0. The first-order chi connectivity index (χ1) is 29.5. The van der Waals surface area contributed by atoms with Gasteiger partial charge in [0.25, 0.3) is 0 Å². The lowest BCUT2D eigenvalue weighted by Gasteiger charge is -2.12. The lowest BCUT2D eigenvalue weighted by molar-refractivity contribution is 1.44. The van der Waals surface area contributed by atoms with E-state index in [-0.39, 0.29) is 0 Å². The Balaban J connectivity index is 1.17. The highest BCUT2D eigenvalue weighted by atomic mass is 14.1. The zero-order valence-corrected chi connectivity index (χ0v) is 34.1. The maximum atomic E-state index is 2.35. The minimum absolute atomic E-state index is 1.16. The Kier molecular flexibility index (Phi) is 11.1. The molecule has 0 aromatic heterocycles. The van der Waals surface area contributed by atoms with Crippen LogP contribution in [0.2, 0.25) is 0 Å². The Labute approximate surface area is 354 Å². The second kappa shape index (κ2) is 17.5. The van der Waals surface area contributed by atoms with Gasteiger partial charge >= 0.3 is 0 Å². The van der Waals surface area contributed by atoms with Gasteiger partial charge < -0.3 is 0 Å². The number of fused-ring (bicyclic) bond motifs is 2. The number of aryl methyl sites for hydroxylation is 2. The van der Waals surface area contributed by atoms with E-state index in [1.165, 1.54) is 88.3 Å². The van der Waals surface area contributed by atoms with Crippen LogP contribution in [0.5, 0.6) is 0 Å². The van der Waals surface area contributed by atoms with Crippen molar-refractivity contribution in [3.05, 3.63) is 273 Å². The van der Waals surface area contributed by atoms with E-state index in [2.05, 4.69) is 257 Å². The average Bonchev–Trinajstić information content (AvgIpc) is 3.29. The molecule has 0 amide bonds. The Hall–Kier alpha value is -7.54. The lowest BCUT2D eigenvalue weighted by atomic mass is 9.92. The molecule has 0 saturated carbocycles. The van der Waals surface area contributed by atoms with Crippen molar-refractivity contribution in [2.45, 2.75) is 13.8 Å². The minimum Gasteiger partial charge on any atom is -0.0622 e. The molecule has 0 radical (unpaired) electrons. The topological polar surface area (TPSA) is 0 Å². The van der Waals surface area contributed by atoms with Gasteiger partial charge in [-0.15, -0.1) is 0 Å². The van der Waals surface area contributed by atoms with Crippen LogP contribution in [0.4, 0.5) is 0 Å². The SMILES string of the molecule is Cc1ccc(C=Cc2cc3cc4ccccc4cc3cc2C=Cc2ccc(C)cc2C=C(c2ccccc2)c2ccccc2)c(C=C(c2ccccc2)c2ccccc2)c1. The largest absolute Gasteiger partial charge is 0.0622 e. The molecular weight excluding hydrogens is 721 g/mol. The van der Waals surface area contributed by atoms with E-state index in [1.54, 1.807) is 0 Å². The molecule has 0 aliphatic rings.